The van der Waals surface area contributed by atoms with E-state index >= 15 is 0 Å². The molecule has 2 nitrogen and oxygen atoms in total. The van der Waals surface area contributed by atoms with Crippen LogP contribution in [0, 0.1) is 0 Å². The van der Waals surface area contributed by atoms with E-state index in [0.29, 0.717) is 16.8 Å². The molecule has 0 aliphatic heterocycles. The first-order chi connectivity index (χ1) is 7.97. The Hall–Kier alpha value is -2.04. The van der Waals surface area contributed by atoms with Crippen molar-refractivity contribution in [3.8, 4) is 11.1 Å². The number of pyridine rings is 1. The van der Waals surface area contributed by atoms with Crippen LogP contribution in [-0.4, -0.2) is 4.98 Å². The molecule has 0 fully saturated rings. The van der Waals surface area contributed by atoms with Gasteiger partial charge in [-0.2, -0.15) is 13.2 Å². The summed E-state index contributed by atoms with van der Waals surface area (Å²) >= 11 is 0. The topological polar surface area (TPSA) is 38.9 Å². The summed E-state index contributed by atoms with van der Waals surface area (Å²) in [5, 5.41) is 0. The first kappa shape index (κ1) is 11.4. The zero-order chi connectivity index (χ0) is 12.5. The second kappa shape index (κ2) is 4.08. The fourth-order valence-corrected chi connectivity index (χ4v) is 1.49. The second-order valence-electron chi connectivity index (χ2n) is 3.59. The average Bonchev–Trinajstić information content (AvgIpc) is 2.28. The van der Waals surface area contributed by atoms with Crippen LogP contribution >= 0.6 is 0 Å². The largest absolute Gasteiger partial charge is 0.416 e. The summed E-state index contributed by atoms with van der Waals surface area (Å²) in [6.45, 7) is 0. The normalized spacial score (nSPS) is 11.5. The standard InChI is InChI=1S/C12H9F3N2/c13-12(14,15)10-3-1-2-8(4-10)9-5-11(16)7-17-6-9/h1-7H,16H2. The number of nitrogens with zero attached hydrogens (tertiary/aromatic N) is 1. The molecule has 0 amide bonds. The first-order valence-corrected chi connectivity index (χ1v) is 4.85. The maximum Gasteiger partial charge on any atom is 0.416 e. The summed E-state index contributed by atoms with van der Waals surface area (Å²) < 4.78 is 37.6. The van der Waals surface area contributed by atoms with Gasteiger partial charge in [-0.25, -0.2) is 0 Å². The van der Waals surface area contributed by atoms with E-state index in [9.17, 15) is 13.2 Å². The molecule has 0 atom stereocenters. The van der Waals surface area contributed by atoms with Crippen LogP contribution in [0.25, 0.3) is 11.1 Å². The molecule has 1 aromatic carbocycles. The summed E-state index contributed by atoms with van der Waals surface area (Å²) in [7, 11) is 0. The summed E-state index contributed by atoms with van der Waals surface area (Å²) in [6.07, 6.45) is -1.42. The van der Waals surface area contributed by atoms with Gasteiger partial charge < -0.3 is 5.73 Å². The Morgan fingerprint density at radius 1 is 1.00 bits per heavy atom. The summed E-state index contributed by atoms with van der Waals surface area (Å²) in [6, 6.07) is 6.65. The van der Waals surface area contributed by atoms with Gasteiger partial charge in [0, 0.05) is 18.0 Å². The van der Waals surface area contributed by atoms with Crippen molar-refractivity contribution in [3.63, 3.8) is 0 Å². The molecule has 1 aromatic heterocycles. The van der Waals surface area contributed by atoms with E-state index in [0.717, 1.165) is 12.1 Å². The highest BCUT2D eigenvalue weighted by molar-refractivity contribution is 5.66. The van der Waals surface area contributed by atoms with Crippen LogP contribution in [0.4, 0.5) is 18.9 Å². The molecule has 0 aliphatic carbocycles. The van der Waals surface area contributed by atoms with Crippen molar-refractivity contribution in [1.29, 1.82) is 0 Å². The van der Waals surface area contributed by atoms with Crippen LogP contribution in [0.2, 0.25) is 0 Å². The number of hydrogen-bond acceptors (Lipinski definition) is 2. The Morgan fingerprint density at radius 3 is 2.41 bits per heavy atom. The molecule has 0 saturated carbocycles. The molecule has 5 heteroatoms. The van der Waals surface area contributed by atoms with Crippen LogP contribution in [0.3, 0.4) is 0 Å². The van der Waals surface area contributed by atoms with Crippen LogP contribution in [0.5, 0.6) is 0 Å². The molecular formula is C12H9F3N2. The third-order valence-electron chi connectivity index (χ3n) is 2.28. The lowest BCUT2D eigenvalue weighted by molar-refractivity contribution is -0.137. The van der Waals surface area contributed by atoms with Crippen LogP contribution < -0.4 is 5.73 Å². The second-order valence-corrected chi connectivity index (χ2v) is 3.59. The Labute approximate surface area is 95.9 Å². The summed E-state index contributed by atoms with van der Waals surface area (Å²) in [5.41, 5.74) is 6.28. The van der Waals surface area contributed by atoms with Crippen molar-refractivity contribution >= 4 is 5.69 Å². The molecule has 0 bridgehead atoms. The number of nitrogen functional groups attached to an aromatic ring is 1. The Kier molecular flexibility index (Phi) is 2.75. The van der Waals surface area contributed by atoms with Crippen molar-refractivity contribution in [1.82, 2.24) is 4.98 Å². The van der Waals surface area contributed by atoms with Crippen molar-refractivity contribution in [3.05, 3.63) is 48.3 Å². The minimum absolute atomic E-state index is 0.417. The number of hydrogen-bond donors (Lipinski definition) is 1. The van der Waals surface area contributed by atoms with Gasteiger partial charge in [-0.15, -0.1) is 0 Å². The number of rotatable bonds is 1. The minimum atomic E-state index is -4.34. The molecule has 0 aliphatic rings. The highest BCUT2D eigenvalue weighted by atomic mass is 19.4. The van der Waals surface area contributed by atoms with Crippen LogP contribution in [0.15, 0.2) is 42.7 Å². The van der Waals surface area contributed by atoms with E-state index < -0.39 is 11.7 Å². The van der Waals surface area contributed by atoms with Crippen LogP contribution in [-0.2, 0) is 6.18 Å². The highest BCUT2D eigenvalue weighted by Gasteiger charge is 2.30. The van der Waals surface area contributed by atoms with E-state index in [4.69, 9.17) is 5.73 Å². The SMILES string of the molecule is Nc1cncc(-c2cccc(C(F)(F)F)c2)c1. The Balaban J connectivity index is 2.47. The predicted octanol–water partition coefficient (Wildman–Crippen LogP) is 3.35. The third kappa shape index (κ3) is 2.55. The molecule has 0 unspecified atom stereocenters. The number of aromatic nitrogens is 1. The van der Waals surface area contributed by atoms with Gasteiger partial charge in [-0.05, 0) is 23.8 Å². The fraction of sp³-hybridized carbons (Fsp3) is 0.0833. The van der Waals surface area contributed by atoms with E-state index in [1.165, 1.54) is 18.5 Å². The molecule has 17 heavy (non-hydrogen) atoms. The lowest BCUT2D eigenvalue weighted by atomic mass is 10.0. The molecule has 2 aromatic rings. The maximum atomic E-state index is 12.5. The third-order valence-corrected chi connectivity index (χ3v) is 2.28. The highest BCUT2D eigenvalue weighted by Crippen LogP contribution is 2.32. The van der Waals surface area contributed by atoms with Gasteiger partial charge in [0.1, 0.15) is 0 Å². The van der Waals surface area contributed by atoms with Gasteiger partial charge in [0.05, 0.1) is 11.3 Å². The molecule has 2 N–H and O–H groups in total. The van der Waals surface area contributed by atoms with Gasteiger partial charge in [-0.3, -0.25) is 4.98 Å². The zero-order valence-corrected chi connectivity index (χ0v) is 8.70. The number of alkyl halides is 3. The lowest BCUT2D eigenvalue weighted by Gasteiger charge is -2.08. The number of benzene rings is 1. The monoisotopic (exact) mass is 238 g/mol. The predicted molar refractivity (Wildman–Crippen MR) is 59.1 cm³/mol. The molecular weight excluding hydrogens is 229 g/mol. The number of anilines is 1. The lowest BCUT2D eigenvalue weighted by Crippen LogP contribution is -2.04. The summed E-state index contributed by atoms with van der Waals surface area (Å²) in [5.74, 6) is 0. The average molecular weight is 238 g/mol. The quantitative estimate of drug-likeness (QED) is 0.827. The fourth-order valence-electron chi connectivity index (χ4n) is 1.49. The maximum absolute atomic E-state index is 12.5. The molecule has 0 radical (unpaired) electrons. The Morgan fingerprint density at radius 2 is 1.76 bits per heavy atom. The van der Waals surface area contributed by atoms with Gasteiger partial charge in [0.25, 0.3) is 0 Å². The smallest absolute Gasteiger partial charge is 0.397 e. The van der Waals surface area contributed by atoms with Crippen LogP contribution in [0.1, 0.15) is 5.56 Å². The molecule has 2 rings (SSSR count). The molecule has 0 saturated heterocycles. The molecule has 88 valence electrons. The van der Waals surface area contributed by atoms with Crippen molar-refractivity contribution < 1.29 is 13.2 Å². The van der Waals surface area contributed by atoms with E-state index in [2.05, 4.69) is 4.98 Å². The van der Waals surface area contributed by atoms with Crippen molar-refractivity contribution in [2.24, 2.45) is 0 Å². The summed E-state index contributed by atoms with van der Waals surface area (Å²) in [4.78, 5) is 3.85. The van der Waals surface area contributed by atoms with E-state index in [-0.39, 0.29) is 0 Å². The Bertz CT molecular complexity index is 535. The van der Waals surface area contributed by atoms with Crippen molar-refractivity contribution in [2.75, 3.05) is 5.73 Å². The van der Waals surface area contributed by atoms with Gasteiger partial charge >= 0.3 is 6.18 Å². The van der Waals surface area contributed by atoms with Crippen molar-refractivity contribution in [2.45, 2.75) is 6.18 Å². The van der Waals surface area contributed by atoms with Gasteiger partial charge in [-0.1, -0.05) is 12.1 Å². The van der Waals surface area contributed by atoms with Gasteiger partial charge in [0.15, 0.2) is 0 Å². The van der Waals surface area contributed by atoms with E-state index in [1.807, 2.05) is 0 Å². The zero-order valence-electron chi connectivity index (χ0n) is 8.70. The minimum Gasteiger partial charge on any atom is -0.397 e. The number of halogens is 3. The first-order valence-electron chi connectivity index (χ1n) is 4.85. The van der Waals surface area contributed by atoms with Gasteiger partial charge in [0.2, 0.25) is 0 Å². The van der Waals surface area contributed by atoms with E-state index in [1.54, 1.807) is 12.1 Å². The molecule has 0 spiro atoms. The number of nitrogens with two attached hydrogens (primary N) is 1. The molecule has 1 heterocycles.